The molecule has 17 nitrogen and oxygen atoms in total. The number of hydrogen-bond acceptors (Lipinski definition) is 13. The number of carbonyl (C=O) groups is 6. The van der Waals surface area contributed by atoms with Crippen LogP contribution in [0.4, 0.5) is 0 Å². The number of aryl methyl sites for hydroxylation is 1. The molecule has 1 saturated heterocycles. The summed E-state index contributed by atoms with van der Waals surface area (Å²) in [6, 6.07) is 27.1. The monoisotopic (exact) mass is 1120 g/mol. The number of methoxy groups -OCH3 is 2. The van der Waals surface area contributed by atoms with Crippen LogP contribution in [0.5, 0.6) is 17.2 Å². The summed E-state index contributed by atoms with van der Waals surface area (Å²) in [7, 11) is 3.12. The minimum atomic E-state index is -0.920. The molecule has 4 aromatic carbocycles. The molecule has 0 aliphatic carbocycles. The first kappa shape index (κ1) is 62.6. The molecule has 4 amide bonds. The Hall–Kier alpha value is -6.24. The van der Waals surface area contributed by atoms with Gasteiger partial charge in [-0.3, -0.25) is 24.0 Å². The Balaban J connectivity index is 1.01. The maximum absolute atomic E-state index is 14.1. The van der Waals surface area contributed by atoms with Crippen LogP contribution in [-0.2, 0) is 60.7 Å². The minimum Gasteiger partial charge on any atom is -0.493 e. The third-order valence-corrected chi connectivity index (χ3v) is 13.9. The van der Waals surface area contributed by atoms with Gasteiger partial charge < -0.3 is 53.6 Å². The molecule has 4 aromatic rings. The molecule has 5 rings (SSSR count). The third-order valence-electron chi connectivity index (χ3n) is 13.4. The van der Waals surface area contributed by atoms with E-state index in [0.717, 1.165) is 11.1 Å². The summed E-state index contributed by atoms with van der Waals surface area (Å²) in [5, 5.41) is 6.30. The van der Waals surface area contributed by atoms with Gasteiger partial charge in [0.2, 0.25) is 17.6 Å². The number of nitrogens with zero attached hydrogens (tertiary/aromatic N) is 2. The Morgan fingerprint density at radius 3 is 2.13 bits per heavy atom. The van der Waals surface area contributed by atoms with Crippen molar-refractivity contribution in [1.29, 1.82) is 0 Å². The topological polar surface area (TPSA) is 198 Å². The number of ether oxygens (including phenoxy) is 7. The molecule has 1 unspecified atom stereocenters. The number of esters is 1. The van der Waals surface area contributed by atoms with Gasteiger partial charge in [-0.25, -0.2) is 4.79 Å². The fourth-order valence-corrected chi connectivity index (χ4v) is 8.89. The SMILES string of the molecule is CCC(C)(C)C(=O)C(=O)N1CCCC[C@H]1C(=O)O[C@H](CCc1ccc(OC)c(OC)c1)c1cccc(OCC(=O)NCCCOCCOCCOCCCN(C(=O)CCl)C(C(=O)NCc2ccccc2)c2ccc(Cl)cc2)c1. The van der Waals surface area contributed by atoms with Crippen molar-refractivity contribution in [2.45, 2.75) is 96.9 Å². The van der Waals surface area contributed by atoms with Crippen LogP contribution in [0.15, 0.2) is 97.1 Å². The molecule has 0 aromatic heterocycles. The summed E-state index contributed by atoms with van der Waals surface area (Å²) < 4.78 is 40.2. The van der Waals surface area contributed by atoms with Crippen LogP contribution < -0.4 is 24.8 Å². The van der Waals surface area contributed by atoms with Crippen molar-refractivity contribution >= 4 is 58.6 Å². The molecule has 19 heteroatoms. The molecule has 424 valence electrons. The molecule has 1 fully saturated rings. The molecular formula is C59H76Cl2N4O13. The summed E-state index contributed by atoms with van der Waals surface area (Å²) >= 11 is 12.2. The lowest BCUT2D eigenvalue weighted by Gasteiger charge is -2.36. The average molecular weight is 1120 g/mol. The van der Waals surface area contributed by atoms with Gasteiger partial charge in [0.25, 0.3) is 11.8 Å². The molecule has 1 aliphatic rings. The normalized spacial score (nSPS) is 14.1. The van der Waals surface area contributed by atoms with E-state index in [-0.39, 0.29) is 43.3 Å². The molecule has 1 heterocycles. The Bertz CT molecular complexity index is 2530. The van der Waals surface area contributed by atoms with Gasteiger partial charge in [0.1, 0.15) is 29.8 Å². The minimum absolute atomic E-state index is 0.231. The van der Waals surface area contributed by atoms with Crippen molar-refractivity contribution in [2.75, 3.05) is 86.0 Å². The number of halogens is 2. The van der Waals surface area contributed by atoms with Gasteiger partial charge >= 0.3 is 5.97 Å². The summed E-state index contributed by atoms with van der Waals surface area (Å²) in [4.78, 5) is 83.2. The van der Waals surface area contributed by atoms with E-state index in [0.29, 0.717) is 137 Å². The van der Waals surface area contributed by atoms with Gasteiger partial charge in [0, 0.05) is 49.8 Å². The van der Waals surface area contributed by atoms with Crippen molar-refractivity contribution < 1.29 is 61.9 Å². The zero-order valence-corrected chi connectivity index (χ0v) is 47.1. The molecule has 0 radical (unpaired) electrons. The number of benzene rings is 4. The van der Waals surface area contributed by atoms with Crippen LogP contribution in [0.2, 0.25) is 5.02 Å². The first-order valence-corrected chi connectivity index (χ1v) is 27.5. The highest BCUT2D eigenvalue weighted by molar-refractivity contribution is 6.38. The highest BCUT2D eigenvalue weighted by Crippen LogP contribution is 2.33. The number of piperidine rings is 1. The average Bonchev–Trinajstić information content (AvgIpc) is 3.50. The summed E-state index contributed by atoms with van der Waals surface area (Å²) in [5.74, 6) is -1.58. The number of rotatable bonds is 34. The highest BCUT2D eigenvalue weighted by atomic mass is 35.5. The number of ketones is 1. The van der Waals surface area contributed by atoms with E-state index in [4.69, 9.17) is 56.4 Å². The Kier molecular flexibility index (Phi) is 26.7. The van der Waals surface area contributed by atoms with Crippen LogP contribution in [-0.4, -0.2) is 137 Å². The van der Waals surface area contributed by atoms with Crippen LogP contribution in [0, 0.1) is 5.41 Å². The van der Waals surface area contributed by atoms with Gasteiger partial charge in [0.05, 0.1) is 40.6 Å². The number of nitrogens with one attached hydrogen (secondary N) is 2. The molecule has 78 heavy (non-hydrogen) atoms. The molecule has 1 aliphatic heterocycles. The number of likely N-dealkylation sites (tertiary alicyclic amines) is 1. The predicted octanol–water partition coefficient (Wildman–Crippen LogP) is 8.41. The van der Waals surface area contributed by atoms with Gasteiger partial charge in [-0.2, -0.15) is 0 Å². The molecule has 2 N–H and O–H groups in total. The van der Waals surface area contributed by atoms with E-state index in [1.54, 1.807) is 70.5 Å². The number of amides is 4. The van der Waals surface area contributed by atoms with Crippen LogP contribution in [0.3, 0.4) is 0 Å². The number of hydrogen-bond donors (Lipinski definition) is 2. The van der Waals surface area contributed by atoms with Gasteiger partial charge in [0.15, 0.2) is 18.1 Å². The largest absolute Gasteiger partial charge is 0.493 e. The maximum atomic E-state index is 14.1. The fraction of sp³-hybridized carbons (Fsp3) is 0.492. The predicted molar refractivity (Wildman–Crippen MR) is 297 cm³/mol. The number of carbonyl (C=O) groups excluding carboxylic acids is 6. The van der Waals surface area contributed by atoms with Crippen molar-refractivity contribution in [3.63, 3.8) is 0 Å². The molecule has 0 saturated carbocycles. The van der Waals surface area contributed by atoms with Crippen LogP contribution in [0.25, 0.3) is 0 Å². The Morgan fingerprint density at radius 1 is 0.756 bits per heavy atom. The third kappa shape index (κ3) is 19.9. The first-order chi connectivity index (χ1) is 37.7. The van der Waals surface area contributed by atoms with Gasteiger partial charge in [-0.15, -0.1) is 11.6 Å². The molecule has 3 atom stereocenters. The molecule has 0 spiro atoms. The maximum Gasteiger partial charge on any atom is 0.329 e. The van der Waals surface area contributed by atoms with Gasteiger partial charge in [-0.1, -0.05) is 93.0 Å². The van der Waals surface area contributed by atoms with E-state index < -0.39 is 41.3 Å². The Morgan fingerprint density at radius 2 is 1.45 bits per heavy atom. The lowest BCUT2D eigenvalue weighted by molar-refractivity contribution is -0.164. The van der Waals surface area contributed by atoms with E-state index in [2.05, 4.69) is 10.6 Å². The molecule has 0 bridgehead atoms. The second kappa shape index (κ2) is 33.3. The highest BCUT2D eigenvalue weighted by Gasteiger charge is 2.41. The summed E-state index contributed by atoms with van der Waals surface area (Å²) in [6.45, 7) is 8.30. The quantitative estimate of drug-likeness (QED) is 0.0196. The summed E-state index contributed by atoms with van der Waals surface area (Å²) in [5.41, 5.74) is 2.22. The molecular weight excluding hydrogens is 1040 g/mol. The number of Topliss-reactive ketones (excluding diaryl/α,β-unsaturated/α-hetero) is 1. The number of alkyl halides is 1. The lowest BCUT2D eigenvalue weighted by Crippen LogP contribution is -2.53. The zero-order valence-electron chi connectivity index (χ0n) is 45.6. The van der Waals surface area contributed by atoms with E-state index in [9.17, 15) is 28.8 Å². The smallest absolute Gasteiger partial charge is 0.329 e. The van der Waals surface area contributed by atoms with Crippen molar-refractivity contribution in [3.8, 4) is 17.2 Å². The first-order valence-electron chi connectivity index (χ1n) is 26.6. The standard InChI is InChI=1S/C59H76Cl2N4O13/c1-6-59(2,3)55(68)57(70)64-29-11-10-19-48(64)58(71)78-49(26-20-42-21-27-50(72-4)51(37-42)73-5)45-17-12-18-47(38-45)77-41-52(66)62-28-13-31-74-33-35-76-36-34-75-32-14-30-65(53(67)39-60)54(44-22-24-46(61)25-23-44)56(69)63-40-43-15-8-7-9-16-43/h7-9,12,15-18,21-25,27,37-38,48-49,54H,6,10-11,13-14,19-20,26,28-36,39-41H2,1-5H3,(H,62,66)(H,63,69)/t48-,49+,54?/m0/s1. The zero-order chi connectivity index (χ0) is 56.3. The van der Waals surface area contributed by atoms with E-state index in [1.165, 1.54) is 9.80 Å². The lowest BCUT2D eigenvalue weighted by atomic mass is 9.84. The van der Waals surface area contributed by atoms with E-state index in [1.807, 2.05) is 61.5 Å². The fourth-order valence-electron chi connectivity index (χ4n) is 8.61. The van der Waals surface area contributed by atoms with Crippen molar-refractivity contribution in [2.24, 2.45) is 5.41 Å². The van der Waals surface area contributed by atoms with E-state index >= 15 is 0 Å². The Labute approximate surface area is 468 Å². The summed E-state index contributed by atoms with van der Waals surface area (Å²) in [6.07, 6.45) is 3.35. The van der Waals surface area contributed by atoms with Gasteiger partial charge in [-0.05, 0) is 110 Å². The van der Waals surface area contributed by atoms with Crippen LogP contribution in [0.1, 0.15) is 100 Å². The van der Waals surface area contributed by atoms with Crippen molar-refractivity contribution in [3.05, 3.63) is 124 Å². The van der Waals surface area contributed by atoms with Crippen molar-refractivity contribution in [1.82, 2.24) is 20.4 Å². The second-order valence-electron chi connectivity index (χ2n) is 19.4. The second-order valence-corrected chi connectivity index (χ2v) is 20.1. The van der Waals surface area contributed by atoms with Crippen LogP contribution >= 0.6 is 23.2 Å².